The highest BCUT2D eigenvalue weighted by Gasteiger charge is 2.54. The molecule has 12 N–H and O–H groups in total. The Hall–Kier alpha value is -1.73. The lowest BCUT2D eigenvalue weighted by atomic mass is 9.96. The number of hydrogen-bond donors (Lipinski definition) is 12. The van der Waals surface area contributed by atoms with Crippen molar-refractivity contribution >= 4 is 5.91 Å². The molecule has 3 fully saturated rings. The minimum absolute atomic E-state index is 0.231. The van der Waals surface area contributed by atoms with Gasteiger partial charge in [-0.25, -0.2) is 0 Å². The van der Waals surface area contributed by atoms with Gasteiger partial charge in [0, 0.05) is 6.42 Å². The normalized spacial score (nSPS) is 24.6. The Morgan fingerprint density at radius 1 is 0.313 bits per heavy atom. The Balaban J connectivity index is 1.27. The lowest BCUT2D eigenvalue weighted by Gasteiger charge is -2.48. The fourth-order valence-electron chi connectivity index (χ4n) is 17.0. The number of hydrogen-bond acceptors (Lipinski definition) is 18. The van der Waals surface area contributed by atoms with Gasteiger partial charge in [0.25, 0.3) is 0 Å². The quantitative estimate of drug-likeness (QED) is 0.0199. The van der Waals surface area contributed by atoms with Crippen LogP contribution in [0.4, 0.5) is 0 Å². The third kappa shape index (κ3) is 53.8. The highest BCUT2D eigenvalue weighted by molar-refractivity contribution is 5.76. The number of aliphatic hydroxyl groups is 11. The van der Waals surface area contributed by atoms with E-state index in [9.17, 15) is 61.0 Å². The van der Waals surface area contributed by atoms with E-state index in [0.717, 1.165) is 51.4 Å². The first-order chi connectivity index (χ1) is 56.3. The molecule has 0 aliphatic carbocycles. The number of amides is 1. The van der Waals surface area contributed by atoms with E-state index in [0.29, 0.717) is 12.8 Å². The second kappa shape index (κ2) is 76.0. The Morgan fingerprint density at radius 3 is 0.887 bits per heavy atom. The van der Waals surface area contributed by atoms with Crippen LogP contribution in [0.15, 0.2) is 24.3 Å². The second-order valence-electron chi connectivity index (χ2n) is 35.2. The SMILES string of the molecule is CCCCCCC/C=C\C/C=C\CCCCCCCCCCCCCCCCCCCCCCCCCCCCCCCC(=O)NC(COC1OC(CO)C(OC2OC(CO)C(OC3OC(CO)C(O)C(O)C3O)C(O)C2O)C(O)C1O)C(O)CCCCCCCCCCCCCCCCCCCCCCCCCCCCCCC. The van der Waals surface area contributed by atoms with Crippen molar-refractivity contribution in [2.24, 2.45) is 0 Å². The third-order valence-corrected chi connectivity index (χ3v) is 24.8. The van der Waals surface area contributed by atoms with E-state index in [1.54, 1.807) is 0 Å². The van der Waals surface area contributed by atoms with E-state index in [1.165, 1.54) is 366 Å². The Labute approximate surface area is 702 Å². The van der Waals surface area contributed by atoms with Gasteiger partial charge in [0.2, 0.25) is 5.91 Å². The second-order valence-corrected chi connectivity index (χ2v) is 35.2. The summed E-state index contributed by atoms with van der Waals surface area (Å²) >= 11 is 0. The molecule has 0 aromatic rings. The standard InChI is InChI=1S/C96H183NO18/c1-3-5-7-9-11-13-15-17-19-21-23-25-27-29-31-33-34-35-36-37-38-39-40-41-42-43-44-46-48-50-52-54-56-58-60-62-64-66-68-70-72-74-84(102)97-79(80(101)73-71-69-67-65-63-61-59-57-55-53-51-49-47-45-32-30-28-26-24-22-20-18-16-14-12-10-8-6-4-2)78-110-94-90(108)87(105)92(82(76-99)112-94)115-96-91(109)88(106)93(83(77-100)113-96)114-95-89(107)86(104)85(103)81(75-98)111-95/h15,17,21,23,79-83,85-96,98-101,103-109H,3-14,16,18-20,22,24-78H2,1-2H3,(H,97,102)/b17-15-,23-21-. The van der Waals surface area contributed by atoms with E-state index in [-0.39, 0.29) is 18.9 Å². The fourth-order valence-corrected chi connectivity index (χ4v) is 17.0. The smallest absolute Gasteiger partial charge is 0.220 e. The topological polar surface area (TPSA) is 307 Å². The Morgan fingerprint density at radius 2 is 0.574 bits per heavy atom. The molecular weight excluding hydrogens is 1460 g/mol. The molecule has 1 amide bonds. The number of carbonyl (C=O) groups is 1. The zero-order chi connectivity index (χ0) is 83.1. The van der Waals surface area contributed by atoms with Crippen LogP contribution >= 0.6 is 0 Å². The van der Waals surface area contributed by atoms with Crippen LogP contribution in [0.1, 0.15) is 450 Å². The zero-order valence-electron chi connectivity index (χ0n) is 73.8. The van der Waals surface area contributed by atoms with Crippen molar-refractivity contribution < 1.29 is 89.4 Å². The monoisotopic (exact) mass is 1640 g/mol. The van der Waals surface area contributed by atoms with Crippen LogP contribution in [-0.4, -0.2) is 193 Å². The number of carbonyl (C=O) groups excluding carboxylic acids is 1. The van der Waals surface area contributed by atoms with Crippen molar-refractivity contribution in [3.63, 3.8) is 0 Å². The largest absolute Gasteiger partial charge is 0.394 e. The minimum Gasteiger partial charge on any atom is -0.394 e. The van der Waals surface area contributed by atoms with Gasteiger partial charge >= 0.3 is 0 Å². The first-order valence-electron chi connectivity index (χ1n) is 49.1. The summed E-state index contributed by atoms with van der Waals surface area (Å²) in [4.78, 5) is 13.6. The summed E-state index contributed by atoms with van der Waals surface area (Å²) in [6, 6.07) is -0.887. The van der Waals surface area contributed by atoms with E-state index in [2.05, 4.69) is 43.5 Å². The maximum atomic E-state index is 13.6. The van der Waals surface area contributed by atoms with E-state index < -0.39 is 124 Å². The molecule has 17 unspecified atom stereocenters. The molecular formula is C96H183NO18. The summed E-state index contributed by atoms with van der Waals surface area (Å²) in [7, 11) is 0. The average molecular weight is 1640 g/mol. The van der Waals surface area contributed by atoms with Gasteiger partial charge in [0.05, 0.1) is 38.6 Å². The molecule has 17 atom stereocenters. The molecule has 3 aliphatic heterocycles. The number of ether oxygens (including phenoxy) is 6. The van der Waals surface area contributed by atoms with Crippen LogP contribution in [0.25, 0.3) is 0 Å². The van der Waals surface area contributed by atoms with Crippen LogP contribution in [0.2, 0.25) is 0 Å². The molecule has 3 saturated heterocycles. The van der Waals surface area contributed by atoms with Crippen LogP contribution < -0.4 is 5.32 Å². The molecule has 0 radical (unpaired) electrons. The van der Waals surface area contributed by atoms with Gasteiger partial charge in [0.1, 0.15) is 73.2 Å². The average Bonchev–Trinajstić information content (AvgIpc) is 0.778. The molecule has 3 aliphatic rings. The van der Waals surface area contributed by atoms with Gasteiger partial charge in [-0.05, 0) is 44.9 Å². The Kier molecular flexibility index (Phi) is 71.0. The molecule has 0 spiro atoms. The fraction of sp³-hybridized carbons (Fsp3) is 0.948. The van der Waals surface area contributed by atoms with Crippen LogP contribution in [0, 0.1) is 0 Å². The van der Waals surface area contributed by atoms with Crippen molar-refractivity contribution in [3.8, 4) is 0 Å². The molecule has 0 bridgehead atoms. The zero-order valence-corrected chi connectivity index (χ0v) is 73.8. The summed E-state index contributed by atoms with van der Waals surface area (Å²) in [5.74, 6) is -0.231. The summed E-state index contributed by atoms with van der Waals surface area (Å²) < 4.78 is 34.6. The molecule has 3 rings (SSSR count). The van der Waals surface area contributed by atoms with Crippen molar-refractivity contribution in [1.82, 2.24) is 5.32 Å². The summed E-state index contributed by atoms with van der Waals surface area (Å²) in [5.41, 5.74) is 0. The van der Waals surface area contributed by atoms with Gasteiger partial charge in [-0.2, -0.15) is 0 Å². The number of nitrogens with one attached hydrogen (secondary N) is 1. The maximum absolute atomic E-state index is 13.6. The molecule has 19 nitrogen and oxygen atoms in total. The molecule has 19 heteroatoms. The van der Waals surface area contributed by atoms with Gasteiger partial charge in [-0.1, -0.05) is 423 Å². The number of unbranched alkanes of at least 4 members (excludes halogenated alkanes) is 62. The minimum atomic E-state index is -1.97. The first kappa shape index (κ1) is 107. The molecule has 0 saturated carbocycles. The van der Waals surface area contributed by atoms with Gasteiger partial charge in [-0.15, -0.1) is 0 Å². The summed E-state index contributed by atoms with van der Waals surface area (Å²) in [5, 5.41) is 122. The van der Waals surface area contributed by atoms with Gasteiger partial charge < -0.3 is 89.9 Å². The van der Waals surface area contributed by atoms with Crippen molar-refractivity contribution in [2.75, 3.05) is 26.4 Å². The van der Waals surface area contributed by atoms with Crippen LogP contribution in [-0.2, 0) is 33.2 Å². The van der Waals surface area contributed by atoms with Crippen molar-refractivity contribution in [2.45, 2.75) is 555 Å². The van der Waals surface area contributed by atoms with Crippen molar-refractivity contribution in [3.05, 3.63) is 24.3 Å². The molecule has 680 valence electrons. The van der Waals surface area contributed by atoms with Crippen LogP contribution in [0.5, 0.6) is 0 Å². The van der Waals surface area contributed by atoms with E-state index in [1.807, 2.05) is 0 Å². The van der Waals surface area contributed by atoms with E-state index >= 15 is 0 Å². The van der Waals surface area contributed by atoms with Crippen LogP contribution in [0.3, 0.4) is 0 Å². The highest BCUT2D eigenvalue weighted by atomic mass is 16.8. The van der Waals surface area contributed by atoms with E-state index in [4.69, 9.17) is 28.4 Å². The predicted molar refractivity (Wildman–Crippen MR) is 467 cm³/mol. The number of rotatable bonds is 82. The maximum Gasteiger partial charge on any atom is 0.220 e. The highest BCUT2D eigenvalue weighted by Crippen LogP contribution is 2.34. The molecule has 115 heavy (non-hydrogen) atoms. The third-order valence-electron chi connectivity index (χ3n) is 24.8. The first-order valence-corrected chi connectivity index (χ1v) is 49.1. The Bertz CT molecular complexity index is 2160. The summed E-state index contributed by atoms with van der Waals surface area (Å²) in [6.07, 6.45) is 70.3. The predicted octanol–water partition coefficient (Wildman–Crippen LogP) is 20.0. The number of aliphatic hydroxyl groups excluding tert-OH is 11. The summed E-state index contributed by atoms with van der Waals surface area (Å²) in [6.45, 7) is 1.88. The molecule has 0 aromatic carbocycles. The van der Waals surface area contributed by atoms with Gasteiger partial charge in [-0.3, -0.25) is 4.79 Å². The number of allylic oxidation sites excluding steroid dienone is 4. The lowest BCUT2D eigenvalue weighted by molar-refractivity contribution is -0.379. The lowest BCUT2D eigenvalue weighted by Crippen LogP contribution is -2.66. The molecule has 3 heterocycles. The van der Waals surface area contributed by atoms with Gasteiger partial charge in [0.15, 0.2) is 18.9 Å². The molecule has 0 aromatic heterocycles. The van der Waals surface area contributed by atoms with Crippen molar-refractivity contribution in [1.29, 1.82) is 0 Å².